The Balaban J connectivity index is 2.14. The van der Waals surface area contributed by atoms with Gasteiger partial charge in [0, 0.05) is 0 Å². The van der Waals surface area contributed by atoms with Crippen LogP contribution in [0.15, 0.2) is 12.7 Å². The second kappa shape index (κ2) is 5.84. The molecule has 1 atom stereocenters. The van der Waals surface area contributed by atoms with E-state index in [1.54, 1.807) is 10.9 Å². The number of rotatable bonds is 6. The molecular formula is C10H16N5O4P. The number of nitrogens with two attached hydrogens (primary N) is 1. The lowest BCUT2D eigenvalue weighted by Crippen LogP contribution is -2.20. The van der Waals surface area contributed by atoms with Crippen molar-refractivity contribution in [1.29, 1.82) is 0 Å². The van der Waals surface area contributed by atoms with Gasteiger partial charge in [-0.25, -0.2) is 15.0 Å². The summed E-state index contributed by atoms with van der Waals surface area (Å²) in [6.45, 7) is 2.25. The third-order valence-corrected chi connectivity index (χ3v) is 3.25. The van der Waals surface area contributed by atoms with E-state index in [4.69, 9.17) is 20.3 Å². The summed E-state index contributed by atoms with van der Waals surface area (Å²) in [5, 5.41) is 0. The Bertz CT molecular complexity index is 640. The molecule has 1 unspecified atom stereocenters. The van der Waals surface area contributed by atoms with Gasteiger partial charge in [-0.15, -0.1) is 0 Å². The highest BCUT2D eigenvalue weighted by Crippen LogP contribution is 2.34. The molecule has 0 spiro atoms. The molecule has 20 heavy (non-hydrogen) atoms. The summed E-state index contributed by atoms with van der Waals surface area (Å²) < 4.78 is 17.8. The largest absolute Gasteiger partial charge is 0.382 e. The second-order valence-electron chi connectivity index (χ2n) is 4.32. The Labute approximate surface area is 115 Å². The third-order valence-electron chi connectivity index (χ3n) is 2.76. The molecule has 0 aromatic carbocycles. The summed E-state index contributed by atoms with van der Waals surface area (Å²) in [6, 6.07) is 0. The zero-order valence-corrected chi connectivity index (χ0v) is 11.8. The van der Waals surface area contributed by atoms with Gasteiger partial charge in [0.25, 0.3) is 0 Å². The van der Waals surface area contributed by atoms with Crippen molar-refractivity contribution < 1.29 is 19.1 Å². The van der Waals surface area contributed by atoms with Crippen LogP contribution in [0.1, 0.15) is 13.3 Å². The standard InChI is InChI=1S/C10H16N5O4P/c1-2-7(19-6-20(16,17)18)3-15-5-14-8-9(11)12-4-13-10(8)15/h4-5,7H,2-3,6H2,1H3,(H2,11,12,13)(H2,16,17,18). The molecule has 2 aromatic heterocycles. The van der Waals surface area contributed by atoms with Crippen LogP contribution in [-0.4, -0.2) is 41.8 Å². The molecule has 2 aromatic rings. The summed E-state index contributed by atoms with van der Waals surface area (Å²) in [6.07, 6.45) is 2.54. The molecule has 110 valence electrons. The Morgan fingerprint density at radius 3 is 2.85 bits per heavy atom. The maximum Gasteiger partial charge on any atom is 0.350 e. The van der Waals surface area contributed by atoms with Gasteiger partial charge in [0.1, 0.15) is 18.2 Å². The van der Waals surface area contributed by atoms with Crippen molar-refractivity contribution in [1.82, 2.24) is 19.5 Å². The van der Waals surface area contributed by atoms with E-state index in [9.17, 15) is 4.57 Å². The summed E-state index contributed by atoms with van der Waals surface area (Å²) in [5.74, 6) is 0.290. The molecule has 0 saturated heterocycles. The maximum atomic E-state index is 10.8. The molecule has 9 nitrogen and oxygen atoms in total. The highest BCUT2D eigenvalue weighted by atomic mass is 31.2. The molecule has 0 radical (unpaired) electrons. The number of fused-ring (bicyclic) bond motifs is 1. The summed E-state index contributed by atoms with van der Waals surface area (Å²) in [4.78, 5) is 29.7. The lowest BCUT2D eigenvalue weighted by molar-refractivity contribution is 0.0603. The molecule has 0 bridgehead atoms. The van der Waals surface area contributed by atoms with Gasteiger partial charge < -0.3 is 24.8 Å². The SMILES string of the molecule is CCC(Cn1cnc2c(N)ncnc21)OCP(=O)(O)O. The van der Waals surface area contributed by atoms with Gasteiger partial charge in [0.15, 0.2) is 11.5 Å². The fourth-order valence-electron chi connectivity index (χ4n) is 1.75. The van der Waals surface area contributed by atoms with E-state index in [1.807, 2.05) is 6.92 Å². The van der Waals surface area contributed by atoms with E-state index in [2.05, 4.69) is 15.0 Å². The van der Waals surface area contributed by atoms with Crippen molar-refractivity contribution >= 4 is 24.6 Å². The number of nitrogens with zero attached hydrogens (tertiary/aromatic N) is 4. The third kappa shape index (κ3) is 3.51. The lowest BCUT2D eigenvalue weighted by Gasteiger charge is -2.17. The first-order valence-corrected chi connectivity index (χ1v) is 7.78. The van der Waals surface area contributed by atoms with Crippen LogP contribution >= 0.6 is 7.60 Å². The van der Waals surface area contributed by atoms with Gasteiger partial charge in [-0.05, 0) is 6.42 Å². The van der Waals surface area contributed by atoms with E-state index in [1.165, 1.54) is 6.33 Å². The molecule has 0 aliphatic carbocycles. The van der Waals surface area contributed by atoms with Crippen LogP contribution in [0.25, 0.3) is 11.2 Å². The fourth-order valence-corrected chi connectivity index (χ4v) is 2.16. The van der Waals surface area contributed by atoms with Crippen LogP contribution in [0.3, 0.4) is 0 Å². The predicted octanol–water partition coefficient (Wildman–Crippen LogP) is 0.339. The topological polar surface area (TPSA) is 136 Å². The van der Waals surface area contributed by atoms with Gasteiger partial charge in [-0.3, -0.25) is 4.57 Å². The monoisotopic (exact) mass is 301 g/mol. The van der Waals surface area contributed by atoms with E-state index in [-0.39, 0.29) is 11.9 Å². The lowest BCUT2D eigenvalue weighted by atomic mass is 10.3. The number of imidazole rings is 1. The highest BCUT2D eigenvalue weighted by molar-refractivity contribution is 7.51. The van der Waals surface area contributed by atoms with Gasteiger partial charge in [0.2, 0.25) is 0 Å². The van der Waals surface area contributed by atoms with E-state index in [0.717, 1.165) is 0 Å². The number of hydrogen-bond acceptors (Lipinski definition) is 6. The summed E-state index contributed by atoms with van der Waals surface area (Å²) >= 11 is 0. The molecule has 2 rings (SSSR count). The number of anilines is 1. The molecule has 0 saturated carbocycles. The minimum atomic E-state index is -4.17. The van der Waals surface area contributed by atoms with Crippen molar-refractivity contribution in [2.75, 3.05) is 12.1 Å². The Hall–Kier alpha value is -1.54. The molecule has 0 aliphatic rings. The maximum absolute atomic E-state index is 10.8. The van der Waals surface area contributed by atoms with E-state index in [0.29, 0.717) is 24.1 Å². The number of hydrogen-bond donors (Lipinski definition) is 3. The van der Waals surface area contributed by atoms with Crippen molar-refractivity contribution in [3.63, 3.8) is 0 Å². The summed E-state index contributed by atoms with van der Waals surface area (Å²) in [7, 11) is -4.17. The first-order chi connectivity index (χ1) is 9.40. The summed E-state index contributed by atoms with van der Waals surface area (Å²) in [5.41, 5.74) is 6.75. The molecule has 0 amide bonds. The molecule has 10 heteroatoms. The zero-order valence-electron chi connectivity index (χ0n) is 10.9. The van der Waals surface area contributed by atoms with Crippen molar-refractivity contribution in [2.24, 2.45) is 0 Å². The predicted molar refractivity (Wildman–Crippen MR) is 71.8 cm³/mol. The highest BCUT2D eigenvalue weighted by Gasteiger charge is 2.18. The van der Waals surface area contributed by atoms with Gasteiger partial charge in [0.05, 0.1) is 19.0 Å². The first-order valence-electron chi connectivity index (χ1n) is 5.98. The molecule has 2 heterocycles. The quantitative estimate of drug-likeness (QED) is 0.649. The van der Waals surface area contributed by atoms with Crippen molar-refractivity contribution in [3.8, 4) is 0 Å². The Kier molecular flexibility index (Phi) is 4.34. The number of nitrogen functional groups attached to an aromatic ring is 1. The smallest absolute Gasteiger partial charge is 0.350 e. The minimum Gasteiger partial charge on any atom is -0.382 e. The molecule has 0 aliphatic heterocycles. The van der Waals surface area contributed by atoms with Gasteiger partial charge >= 0.3 is 7.60 Å². The second-order valence-corrected chi connectivity index (χ2v) is 5.91. The van der Waals surface area contributed by atoms with Crippen molar-refractivity contribution in [2.45, 2.75) is 26.0 Å². The van der Waals surface area contributed by atoms with Gasteiger partial charge in [-0.1, -0.05) is 6.92 Å². The Morgan fingerprint density at radius 2 is 2.20 bits per heavy atom. The number of aromatic nitrogens is 4. The van der Waals surface area contributed by atoms with Crippen LogP contribution in [0.5, 0.6) is 0 Å². The minimum absolute atomic E-state index is 0.290. The Morgan fingerprint density at radius 1 is 1.45 bits per heavy atom. The van der Waals surface area contributed by atoms with Crippen molar-refractivity contribution in [3.05, 3.63) is 12.7 Å². The first kappa shape index (κ1) is 14.9. The molecular weight excluding hydrogens is 285 g/mol. The van der Waals surface area contributed by atoms with E-state index < -0.39 is 13.9 Å². The molecule has 0 fully saturated rings. The van der Waals surface area contributed by atoms with Crippen LogP contribution in [0.2, 0.25) is 0 Å². The van der Waals surface area contributed by atoms with E-state index >= 15 is 0 Å². The number of ether oxygens (including phenoxy) is 1. The fraction of sp³-hybridized carbons (Fsp3) is 0.500. The van der Waals surface area contributed by atoms with Crippen LogP contribution < -0.4 is 5.73 Å². The normalized spacial score (nSPS) is 13.8. The van der Waals surface area contributed by atoms with Crippen LogP contribution in [-0.2, 0) is 15.8 Å². The van der Waals surface area contributed by atoms with Crippen LogP contribution in [0.4, 0.5) is 5.82 Å². The van der Waals surface area contributed by atoms with Gasteiger partial charge in [-0.2, -0.15) is 0 Å². The average Bonchev–Trinajstić information content (AvgIpc) is 2.78. The molecule has 4 N–H and O–H groups in total. The van der Waals surface area contributed by atoms with Crippen LogP contribution in [0, 0.1) is 0 Å². The average molecular weight is 301 g/mol. The zero-order chi connectivity index (χ0) is 14.8.